The lowest BCUT2D eigenvalue weighted by molar-refractivity contribution is -0.142. The molecule has 0 radical (unpaired) electrons. The molecular weight excluding hydrogens is 411 g/mol. The zero-order valence-electron chi connectivity index (χ0n) is 15.9. The van der Waals surface area contributed by atoms with Gasteiger partial charge in [-0.2, -0.15) is 0 Å². The Bertz CT molecular complexity index is 1020. The minimum absolute atomic E-state index is 0. The van der Waals surface area contributed by atoms with Gasteiger partial charge in [-0.15, -0.1) is 12.4 Å². The topological polar surface area (TPSA) is 85.2 Å². The molecular formula is C22H22Cl2N2O3. The first-order valence-electron chi connectivity index (χ1n) is 8.86. The highest BCUT2D eigenvalue weighted by Gasteiger charge is 2.16. The number of ether oxygens (including phenoxy) is 1. The number of aromatic nitrogens is 1. The van der Waals surface area contributed by atoms with Gasteiger partial charge in [0, 0.05) is 6.20 Å². The number of nitrogens with one attached hydrogen (secondary N) is 1. The van der Waals surface area contributed by atoms with Crippen LogP contribution in [0.2, 0.25) is 5.02 Å². The number of hydrogen-bond acceptors (Lipinski definition) is 4. The molecule has 1 heterocycles. The molecule has 0 saturated carbocycles. The average Bonchev–Trinajstić information content (AvgIpc) is 2.72. The Morgan fingerprint density at radius 2 is 1.76 bits per heavy atom. The highest BCUT2D eigenvalue weighted by molar-refractivity contribution is 6.31. The number of pyridine rings is 1. The quantitative estimate of drug-likeness (QED) is 0.580. The van der Waals surface area contributed by atoms with Gasteiger partial charge >= 0.3 is 5.97 Å². The van der Waals surface area contributed by atoms with Crippen LogP contribution in [-0.2, 0) is 22.4 Å². The van der Waals surface area contributed by atoms with Crippen LogP contribution in [0.25, 0.3) is 11.1 Å². The van der Waals surface area contributed by atoms with E-state index in [9.17, 15) is 9.59 Å². The van der Waals surface area contributed by atoms with E-state index in [4.69, 9.17) is 17.3 Å². The fourth-order valence-electron chi connectivity index (χ4n) is 3.12. The molecule has 5 nitrogen and oxygen atoms in total. The van der Waals surface area contributed by atoms with Crippen molar-refractivity contribution < 1.29 is 9.53 Å². The number of H-pyrrole nitrogens is 1. The van der Waals surface area contributed by atoms with E-state index in [0.29, 0.717) is 23.4 Å². The van der Waals surface area contributed by atoms with Gasteiger partial charge in [0.1, 0.15) is 6.04 Å². The summed E-state index contributed by atoms with van der Waals surface area (Å²) in [7, 11) is 1.31. The van der Waals surface area contributed by atoms with Crippen LogP contribution in [0.3, 0.4) is 0 Å². The van der Waals surface area contributed by atoms with Gasteiger partial charge in [-0.1, -0.05) is 66.2 Å². The number of hydrogen-bond donors (Lipinski definition) is 2. The molecule has 3 N–H and O–H groups in total. The summed E-state index contributed by atoms with van der Waals surface area (Å²) in [6.45, 7) is 0. The Morgan fingerprint density at radius 1 is 1.10 bits per heavy atom. The second-order valence-corrected chi connectivity index (χ2v) is 6.92. The van der Waals surface area contributed by atoms with Gasteiger partial charge in [0.25, 0.3) is 5.56 Å². The molecule has 7 heteroatoms. The van der Waals surface area contributed by atoms with Gasteiger partial charge in [0.2, 0.25) is 0 Å². The molecule has 0 bridgehead atoms. The first-order valence-corrected chi connectivity index (χ1v) is 9.24. The first-order chi connectivity index (χ1) is 13.5. The van der Waals surface area contributed by atoms with E-state index in [0.717, 1.165) is 22.3 Å². The van der Waals surface area contributed by atoms with E-state index in [-0.39, 0.29) is 18.0 Å². The van der Waals surface area contributed by atoms with Crippen molar-refractivity contribution >= 4 is 30.0 Å². The predicted molar refractivity (Wildman–Crippen MR) is 118 cm³/mol. The predicted octanol–water partition coefficient (Wildman–Crippen LogP) is 3.75. The lowest BCUT2D eigenvalue weighted by atomic mass is 9.95. The second-order valence-electron chi connectivity index (χ2n) is 6.51. The van der Waals surface area contributed by atoms with Crippen molar-refractivity contribution in [2.45, 2.75) is 18.9 Å². The van der Waals surface area contributed by atoms with E-state index in [1.165, 1.54) is 13.3 Å². The number of methoxy groups -OCH3 is 1. The van der Waals surface area contributed by atoms with Crippen molar-refractivity contribution in [3.8, 4) is 11.1 Å². The van der Waals surface area contributed by atoms with Crippen LogP contribution in [0.1, 0.15) is 16.7 Å². The van der Waals surface area contributed by atoms with Gasteiger partial charge in [-0.05, 0) is 35.1 Å². The average molecular weight is 433 g/mol. The highest BCUT2D eigenvalue weighted by atomic mass is 35.5. The standard InChI is InChI=1S/C22H21ClN2O3.ClH/c1-28-22(27)19(24)12-15-7-9-16(10-8-15)20-17(18(23)13-25-21(20)26)11-14-5-3-2-4-6-14;/h2-10,13,19H,11-12,24H2,1H3,(H,25,26);1H/t19-;/m0./s1. The molecule has 0 aliphatic carbocycles. The molecule has 0 aliphatic rings. The van der Waals surface area contributed by atoms with Crippen LogP contribution in [0.5, 0.6) is 0 Å². The summed E-state index contributed by atoms with van der Waals surface area (Å²) < 4.78 is 4.65. The molecule has 1 aromatic heterocycles. The van der Waals surface area contributed by atoms with E-state index in [1.54, 1.807) is 0 Å². The van der Waals surface area contributed by atoms with Crippen LogP contribution in [0, 0.1) is 0 Å². The maximum atomic E-state index is 12.6. The SMILES string of the molecule is COC(=O)[C@@H](N)Cc1ccc(-c2c(Cc3ccccc3)c(Cl)c[nH]c2=O)cc1.Cl. The van der Waals surface area contributed by atoms with Crippen LogP contribution in [-0.4, -0.2) is 24.1 Å². The maximum Gasteiger partial charge on any atom is 0.322 e. The fourth-order valence-corrected chi connectivity index (χ4v) is 3.33. The summed E-state index contributed by atoms with van der Waals surface area (Å²) in [5, 5.41) is 0.509. The van der Waals surface area contributed by atoms with Crippen LogP contribution in [0.4, 0.5) is 0 Å². The molecule has 0 saturated heterocycles. The Kier molecular flexibility index (Phi) is 8.02. The Balaban J connectivity index is 0.00000300. The zero-order chi connectivity index (χ0) is 20.1. The van der Waals surface area contributed by atoms with Crippen molar-refractivity contribution in [1.29, 1.82) is 0 Å². The van der Waals surface area contributed by atoms with E-state index >= 15 is 0 Å². The number of nitrogens with two attached hydrogens (primary N) is 1. The minimum atomic E-state index is -0.723. The third-order valence-electron chi connectivity index (χ3n) is 4.57. The van der Waals surface area contributed by atoms with E-state index < -0.39 is 12.0 Å². The summed E-state index contributed by atoms with van der Waals surface area (Å²) in [4.78, 5) is 26.8. The molecule has 2 aromatic carbocycles. The van der Waals surface area contributed by atoms with Gasteiger partial charge in [0.05, 0.1) is 17.7 Å². The highest BCUT2D eigenvalue weighted by Crippen LogP contribution is 2.28. The van der Waals surface area contributed by atoms with Gasteiger partial charge < -0.3 is 15.5 Å². The Labute approximate surface area is 180 Å². The second kappa shape index (κ2) is 10.3. The summed E-state index contributed by atoms with van der Waals surface area (Å²) in [5.41, 5.74) is 9.63. The van der Waals surface area contributed by atoms with Gasteiger partial charge in [0.15, 0.2) is 0 Å². The molecule has 0 aliphatic heterocycles. The minimum Gasteiger partial charge on any atom is -0.468 e. The number of benzene rings is 2. The lowest BCUT2D eigenvalue weighted by Crippen LogP contribution is -2.33. The lowest BCUT2D eigenvalue weighted by Gasteiger charge is -2.13. The van der Waals surface area contributed by atoms with Crippen molar-refractivity contribution in [2.24, 2.45) is 5.73 Å². The molecule has 0 fully saturated rings. The molecule has 152 valence electrons. The van der Waals surface area contributed by atoms with E-state index in [2.05, 4.69) is 9.72 Å². The fraction of sp³-hybridized carbons (Fsp3) is 0.182. The summed E-state index contributed by atoms with van der Waals surface area (Å²) >= 11 is 6.41. The van der Waals surface area contributed by atoms with Crippen LogP contribution < -0.4 is 11.3 Å². The van der Waals surface area contributed by atoms with Crippen molar-refractivity contribution in [3.63, 3.8) is 0 Å². The molecule has 1 atom stereocenters. The third-order valence-corrected chi connectivity index (χ3v) is 4.91. The van der Waals surface area contributed by atoms with Gasteiger partial charge in [-0.25, -0.2) is 0 Å². The largest absolute Gasteiger partial charge is 0.468 e. The smallest absolute Gasteiger partial charge is 0.322 e. The third kappa shape index (κ3) is 5.48. The molecule has 3 aromatic rings. The number of rotatable bonds is 6. The van der Waals surface area contributed by atoms with E-state index in [1.807, 2.05) is 54.6 Å². The van der Waals surface area contributed by atoms with Crippen LogP contribution >= 0.6 is 24.0 Å². The van der Waals surface area contributed by atoms with Gasteiger partial charge in [-0.3, -0.25) is 9.59 Å². The number of carbonyl (C=O) groups excluding carboxylic acids is 1. The zero-order valence-corrected chi connectivity index (χ0v) is 17.4. The maximum absolute atomic E-state index is 12.6. The molecule has 0 unspecified atom stereocenters. The number of carbonyl (C=O) groups is 1. The summed E-state index contributed by atoms with van der Waals surface area (Å²) in [6.07, 6.45) is 2.43. The van der Waals surface area contributed by atoms with Crippen LogP contribution in [0.15, 0.2) is 65.6 Å². The molecule has 3 rings (SSSR count). The summed E-state index contributed by atoms with van der Waals surface area (Å²) in [5.74, 6) is -0.458. The summed E-state index contributed by atoms with van der Waals surface area (Å²) in [6, 6.07) is 16.5. The molecule has 29 heavy (non-hydrogen) atoms. The van der Waals surface area contributed by atoms with Crippen molar-refractivity contribution in [3.05, 3.63) is 92.9 Å². The Morgan fingerprint density at radius 3 is 2.38 bits per heavy atom. The number of esters is 1. The Hall–Kier alpha value is -2.60. The molecule has 0 spiro atoms. The monoisotopic (exact) mass is 432 g/mol. The number of aromatic amines is 1. The van der Waals surface area contributed by atoms with Crippen molar-refractivity contribution in [1.82, 2.24) is 4.98 Å². The first kappa shape index (κ1) is 22.7. The number of halogens is 2. The normalized spacial score (nSPS) is 11.4. The molecule has 0 amide bonds. The van der Waals surface area contributed by atoms with Crippen molar-refractivity contribution in [2.75, 3.05) is 7.11 Å².